The van der Waals surface area contributed by atoms with Gasteiger partial charge in [-0.05, 0) is 23.8 Å². The summed E-state index contributed by atoms with van der Waals surface area (Å²) in [6.07, 6.45) is 1.88. The highest BCUT2D eigenvalue weighted by Gasteiger charge is 2.22. The molecule has 0 unspecified atom stereocenters. The Morgan fingerprint density at radius 2 is 1.97 bits per heavy atom. The summed E-state index contributed by atoms with van der Waals surface area (Å²) < 4.78 is 11.9. The van der Waals surface area contributed by atoms with Crippen molar-refractivity contribution >= 4 is 38.2 Å². The van der Waals surface area contributed by atoms with E-state index in [1.54, 1.807) is 7.11 Å². The molecule has 164 valence electrons. The number of rotatable bonds is 6. The van der Waals surface area contributed by atoms with Gasteiger partial charge in [0.2, 0.25) is 0 Å². The van der Waals surface area contributed by atoms with Crippen LogP contribution in [0.25, 0.3) is 32.1 Å². The molecule has 0 saturated carbocycles. The lowest BCUT2D eigenvalue weighted by atomic mass is 10.0. The van der Waals surface area contributed by atoms with Crippen molar-refractivity contribution in [3.63, 3.8) is 0 Å². The summed E-state index contributed by atoms with van der Waals surface area (Å²) >= 11 is 1.52. The molecule has 0 bridgehead atoms. The molecule has 0 radical (unpaired) electrons. The number of carbonyl (C=O) groups is 1. The minimum Gasteiger partial charge on any atom is -0.497 e. The van der Waals surface area contributed by atoms with Crippen LogP contribution in [0.2, 0.25) is 0 Å². The first kappa shape index (κ1) is 20.9. The number of methoxy groups -OCH3 is 1. The molecule has 0 atom stereocenters. The number of ether oxygens (including phenoxy) is 2. The highest BCUT2D eigenvalue weighted by atomic mass is 32.1. The average molecular weight is 448 g/mol. The minimum absolute atomic E-state index is 0.0469. The quantitative estimate of drug-likeness (QED) is 0.480. The first-order valence-electron chi connectivity index (χ1n) is 10.8. The van der Waals surface area contributed by atoms with Crippen molar-refractivity contribution in [2.45, 2.75) is 0 Å². The summed E-state index contributed by atoms with van der Waals surface area (Å²) in [5.74, 6) is 0.729. The van der Waals surface area contributed by atoms with Crippen LogP contribution in [0, 0.1) is 0 Å². The second kappa shape index (κ2) is 9.24. The molecule has 1 amide bonds. The van der Waals surface area contributed by atoms with Gasteiger partial charge in [0.1, 0.15) is 10.6 Å². The van der Waals surface area contributed by atoms with Gasteiger partial charge in [-0.25, -0.2) is 0 Å². The fourth-order valence-corrected chi connectivity index (χ4v) is 5.36. The summed E-state index contributed by atoms with van der Waals surface area (Å²) in [5.41, 5.74) is 2.84. The lowest BCUT2D eigenvalue weighted by Gasteiger charge is -2.26. The van der Waals surface area contributed by atoms with E-state index in [1.165, 1.54) is 11.3 Å². The van der Waals surface area contributed by atoms with Crippen LogP contribution in [-0.4, -0.2) is 62.3 Å². The van der Waals surface area contributed by atoms with E-state index in [4.69, 9.17) is 9.47 Å². The fraction of sp³-hybridized carbons (Fsp3) is 0.280. The third kappa shape index (κ3) is 4.07. The SMILES string of the molecule is COc1ccc2ncc3c(-c4ccccc4)c(C(=O)NCCN4CCOCC4)sc3c2c1. The molecule has 2 aromatic heterocycles. The molecular weight excluding hydrogens is 422 g/mol. The van der Waals surface area contributed by atoms with Gasteiger partial charge in [0.25, 0.3) is 5.91 Å². The number of hydrogen-bond acceptors (Lipinski definition) is 6. The standard InChI is InChI=1S/C25H25N3O3S/c1-30-18-7-8-21-19(15-18)23-20(16-27-21)22(17-5-3-2-4-6-17)24(32-23)25(29)26-9-10-28-11-13-31-14-12-28/h2-8,15-16H,9-14H2,1H3,(H,26,29). The topological polar surface area (TPSA) is 63.7 Å². The first-order valence-corrected chi connectivity index (χ1v) is 11.6. The summed E-state index contributed by atoms with van der Waals surface area (Å²) in [6, 6.07) is 15.9. The summed E-state index contributed by atoms with van der Waals surface area (Å²) in [5, 5.41) is 5.11. The number of fused-ring (bicyclic) bond motifs is 3. The number of nitrogens with one attached hydrogen (secondary N) is 1. The summed E-state index contributed by atoms with van der Waals surface area (Å²) in [6.45, 7) is 4.76. The van der Waals surface area contributed by atoms with Gasteiger partial charge in [0.05, 0.1) is 25.8 Å². The van der Waals surface area contributed by atoms with Crippen LogP contribution >= 0.6 is 11.3 Å². The van der Waals surface area contributed by atoms with Crippen molar-refractivity contribution in [2.75, 3.05) is 46.5 Å². The van der Waals surface area contributed by atoms with E-state index in [-0.39, 0.29) is 5.91 Å². The lowest BCUT2D eigenvalue weighted by molar-refractivity contribution is 0.0383. The molecule has 32 heavy (non-hydrogen) atoms. The molecule has 1 aliphatic heterocycles. The molecule has 1 fully saturated rings. The predicted octanol–water partition coefficient (Wildman–Crippen LogP) is 4.19. The minimum atomic E-state index is -0.0469. The highest BCUT2D eigenvalue weighted by molar-refractivity contribution is 7.22. The zero-order valence-electron chi connectivity index (χ0n) is 18.0. The second-order valence-corrected chi connectivity index (χ2v) is 8.79. The van der Waals surface area contributed by atoms with Crippen LogP contribution in [0.4, 0.5) is 0 Å². The largest absolute Gasteiger partial charge is 0.497 e. The smallest absolute Gasteiger partial charge is 0.262 e. The first-order chi connectivity index (χ1) is 15.7. The van der Waals surface area contributed by atoms with E-state index in [0.29, 0.717) is 11.4 Å². The molecule has 3 heterocycles. The van der Waals surface area contributed by atoms with Crippen LogP contribution in [0.15, 0.2) is 54.7 Å². The Balaban J connectivity index is 1.54. The van der Waals surface area contributed by atoms with Crippen LogP contribution in [0.1, 0.15) is 9.67 Å². The molecular formula is C25H25N3O3S. The van der Waals surface area contributed by atoms with E-state index >= 15 is 0 Å². The fourth-order valence-electron chi connectivity index (χ4n) is 4.12. The van der Waals surface area contributed by atoms with Crippen LogP contribution in [0.5, 0.6) is 5.75 Å². The van der Waals surface area contributed by atoms with E-state index in [0.717, 1.165) is 70.7 Å². The van der Waals surface area contributed by atoms with Crippen molar-refractivity contribution in [3.8, 4) is 16.9 Å². The lowest BCUT2D eigenvalue weighted by Crippen LogP contribution is -2.41. The average Bonchev–Trinajstić information content (AvgIpc) is 3.25. The van der Waals surface area contributed by atoms with Crippen LogP contribution in [0.3, 0.4) is 0 Å². The van der Waals surface area contributed by atoms with E-state index < -0.39 is 0 Å². The Morgan fingerprint density at radius 3 is 2.75 bits per heavy atom. The second-order valence-electron chi connectivity index (χ2n) is 7.77. The normalized spacial score (nSPS) is 14.7. The Labute approximate surface area is 190 Å². The van der Waals surface area contributed by atoms with Crippen molar-refractivity contribution in [2.24, 2.45) is 0 Å². The third-order valence-corrected chi connectivity index (χ3v) is 7.05. The molecule has 4 aromatic rings. The van der Waals surface area contributed by atoms with Gasteiger partial charge < -0.3 is 14.8 Å². The molecule has 1 aliphatic rings. The third-order valence-electron chi connectivity index (χ3n) is 5.81. The number of pyridine rings is 1. The molecule has 2 aromatic carbocycles. The van der Waals surface area contributed by atoms with E-state index in [1.807, 2.05) is 54.7 Å². The molecule has 7 heteroatoms. The van der Waals surface area contributed by atoms with Gasteiger partial charge in [-0.2, -0.15) is 0 Å². The Kier molecular flexibility index (Phi) is 6.03. The van der Waals surface area contributed by atoms with E-state index in [2.05, 4.69) is 15.2 Å². The number of nitrogens with zero attached hydrogens (tertiary/aromatic N) is 2. The van der Waals surface area contributed by atoms with Gasteiger partial charge in [-0.15, -0.1) is 11.3 Å². The number of carbonyl (C=O) groups excluding carboxylic acids is 1. The number of thiophene rings is 1. The van der Waals surface area contributed by atoms with Crippen LogP contribution in [-0.2, 0) is 4.74 Å². The van der Waals surface area contributed by atoms with Crippen molar-refractivity contribution in [1.29, 1.82) is 0 Å². The number of benzene rings is 2. The Hall–Kier alpha value is -3.00. The maximum Gasteiger partial charge on any atom is 0.262 e. The van der Waals surface area contributed by atoms with Gasteiger partial charge in [0, 0.05) is 53.4 Å². The zero-order valence-corrected chi connectivity index (χ0v) is 18.8. The summed E-state index contributed by atoms with van der Waals surface area (Å²) in [7, 11) is 1.66. The van der Waals surface area contributed by atoms with Gasteiger partial charge in [0.15, 0.2) is 0 Å². The summed E-state index contributed by atoms with van der Waals surface area (Å²) in [4.78, 5) is 21.0. The number of amides is 1. The van der Waals surface area contributed by atoms with Crippen molar-refractivity contribution in [1.82, 2.24) is 15.2 Å². The number of hydrogen-bond donors (Lipinski definition) is 1. The number of aromatic nitrogens is 1. The van der Waals surface area contributed by atoms with E-state index in [9.17, 15) is 4.79 Å². The highest BCUT2D eigenvalue weighted by Crippen LogP contribution is 2.42. The zero-order chi connectivity index (χ0) is 21.9. The maximum absolute atomic E-state index is 13.3. The molecule has 1 N–H and O–H groups in total. The maximum atomic E-state index is 13.3. The predicted molar refractivity (Wildman–Crippen MR) is 129 cm³/mol. The Morgan fingerprint density at radius 1 is 1.16 bits per heavy atom. The number of morpholine rings is 1. The van der Waals surface area contributed by atoms with Crippen molar-refractivity contribution < 1.29 is 14.3 Å². The van der Waals surface area contributed by atoms with Gasteiger partial charge in [-0.3, -0.25) is 14.7 Å². The molecule has 0 aliphatic carbocycles. The van der Waals surface area contributed by atoms with Crippen molar-refractivity contribution in [3.05, 3.63) is 59.6 Å². The monoisotopic (exact) mass is 447 g/mol. The van der Waals surface area contributed by atoms with Gasteiger partial charge >= 0.3 is 0 Å². The van der Waals surface area contributed by atoms with Crippen LogP contribution < -0.4 is 10.1 Å². The molecule has 6 nitrogen and oxygen atoms in total. The molecule has 5 rings (SSSR count). The molecule has 0 spiro atoms. The van der Waals surface area contributed by atoms with Gasteiger partial charge in [-0.1, -0.05) is 30.3 Å². The molecule has 1 saturated heterocycles. The Bertz CT molecular complexity index is 1250.